The van der Waals surface area contributed by atoms with Gasteiger partial charge in [0.1, 0.15) is 5.69 Å². The van der Waals surface area contributed by atoms with E-state index in [4.69, 9.17) is 11.6 Å². The van der Waals surface area contributed by atoms with E-state index in [0.29, 0.717) is 28.5 Å². The van der Waals surface area contributed by atoms with E-state index in [1.807, 2.05) is 72.8 Å². The maximum Gasteiger partial charge on any atom is 0.270 e. The smallest absolute Gasteiger partial charge is 0.270 e. The number of fused-ring (bicyclic) bond motifs is 1. The molecule has 1 amide bonds. The molecule has 132 valence electrons. The van der Waals surface area contributed by atoms with Crippen LogP contribution >= 0.6 is 11.6 Å². The van der Waals surface area contributed by atoms with E-state index in [1.165, 1.54) is 0 Å². The van der Waals surface area contributed by atoms with Gasteiger partial charge in [0.15, 0.2) is 5.82 Å². The standard InChI is InChI=1S/C22H16ClN3O/c23-18-12-6-4-10-16(18)14-24-22(27)20-17-11-5-7-13-19(17)25-21(26-20)15-8-2-1-3-9-15/h1-13H,14H2,(H,24,27). The van der Waals surface area contributed by atoms with E-state index in [1.54, 1.807) is 6.07 Å². The monoisotopic (exact) mass is 373 g/mol. The summed E-state index contributed by atoms with van der Waals surface area (Å²) in [5.41, 5.74) is 2.80. The Balaban J connectivity index is 1.71. The Hall–Kier alpha value is -3.24. The van der Waals surface area contributed by atoms with Gasteiger partial charge in [0.2, 0.25) is 0 Å². The van der Waals surface area contributed by atoms with Crippen LogP contribution in [0.5, 0.6) is 0 Å². The van der Waals surface area contributed by atoms with Crippen molar-refractivity contribution in [3.63, 3.8) is 0 Å². The van der Waals surface area contributed by atoms with Crippen LogP contribution in [0.4, 0.5) is 0 Å². The number of carbonyl (C=O) groups excluding carboxylic acids is 1. The Morgan fingerprint density at radius 2 is 1.56 bits per heavy atom. The van der Waals surface area contributed by atoms with E-state index in [0.717, 1.165) is 16.6 Å². The molecule has 1 N–H and O–H groups in total. The van der Waals surface area contributed by atoms with Crippen LogP contribution in [0.25, 0.3) is 22.3 Å². The molecule has 0 bridgehead atoms. The Morgan fingerprint density at radius 1 is 0.852 bits per heavy atom. The van der Waals surface area contributed by atoms with Crippen LogP contribution < -0.4 is 5.32 Å². The first kappa shape index (κ1) is 17.2. The van der Waals surface area contributed by atoms with Gasteiger partial charge in [-0.15, -0.1) is 0 Å². The quantitative estimate of drug-likeness (QED) is 0.554. The Morgan fingerprint density at radius 3 is 2.37 bits per heavy atom. The molecule has 0 saturated heterocycles. The van der Waals surface area contributed by atoms with Gasteiger partial charge in [-0.2, -0.15) is 0 Å². The summed E-state index contributed by atoms with van der Waals surface area (Å²) in [7, 11) is 0. The SMILES string of the molecule is O=C(NCc1ccccc1Cl)c1nc(-c2ccccc2)nc2ccccc12. The fourth-order valence-corrected chi connectivity index (χ4v) is 3.07. The van der Waals surface area contributed by atoms with E-state index in [-0.39, 0.29) is 5.91 Å². The third-order valence-electron chi connectivity index (χ3n) is 4.25. The molecule has 0 aliphatic heterocycles. The molecule has 5 heteroatoms. The average Bonchev–Trinajstić information content (AvgIpc) is 2.73. The second-order valence-electron chi connectivity index (χ2n) is 6.05. The predicted octanol–water partition coefficient (Wildman–Crippen LogP) is 4.88. The maximum absolute atomic E-state index is 12.9. The van der Waals surface area contributed by atoms with Crippen molar-refractivity contribution < 1.29 is 4.79 Å². The third kappa shape index (κ3) is 3.66. The average molecular weight is 374 g/mol. The largest absolute Gasteiger partial charge is 0.347 e. The summed E-state index contributed by atoms with van der Waals surface area (Å²) < 4.78 is 0. The number of carbonyl (C=O) groups is 1. The molecule has 4 rings (SSSR count). The van der Waals surface area contributed by atoms with Crippen molar-refractivity contribution in [2.75, 3.05) is 0 Å². The highest BCUT2D eigenvalue weighted by atomic mass is 35.5. The number of rotatable bonds is 4. The van der Waals surface area contributed by atoms with Crippen LogP contribution in [-0.2, 0) is 6.54 Å². The fraction of sp³-hybridized carbons (Fsp3) is 0.0455. The van der Waals surface area contributed by atoms with Gasteiger partial charge >= 0.3 is 0 Å². The first-order chi connectivity index (χ1) is 13.2. The summed E-state index contributed by atoms with van der Waals surface area (Å²) in [4.78, 5) is 22.0. The van der Waals surface area contributed by atoms with Crippen molar-refractivity contribution in [1.82, 2.24) is 15.3 Å². The summed E-state index contributed by atoms with van der Waals surface area (Å²) in [6.45, 7) is 0.331. The van der Waals surface area contributed by atoms with Crippen molar-refractivity contribution in [2.24, 2.45) is 0 Å². The molecule has 4 nitrogen and oxygen atoms in total. The van der Waals surface area contributed by atoms with Crippen LogP contribution in [0.3, 0.4) is 0 Å². The molecular formula is C22H16ClN3O. The second kappa shape index (κ2) is 7.56. The number of nitrogens with one attached hydrogen (secondary N) is 1. The van der Waals surface area contributed by atoms with Gasteiger partial charge in [0.25, 0.3) is 5.91 Å². The van der Waals surface area contributed by atoms with Gasteiger partial charge in [-0.05, 0) is 17.7 Å². The van der Waals surface area contributed by atoms with E-state index in [2.05, 4.69) is 15.3 Å². The van der Waals surface area contributed by atoms with Crippen LogP contribution in [0.2, 0.25) is 5.02 Å². The van der Waals surface area contributed by atoms with Crippen LogP contribution in [0.1, 0.15) is 16.1 Å². The van der Waals surface area contributed by atoms with Gasteiger partial charge in [0, 0.05) is 22.5 Å². The predicted molar refractivity (Wildman–Crippen MR) is 108 cm³/mol. The van der Waals surface area contributed by atoms with Crippen molar-refractivity contribution >= 4 is 28.4 Å². The molecule has 3 aromatic carbocycles. The highest BCUT2D eigenvalue weighted by Crippen LogP contribution is 2.22. The Bertz CT molecular complexity index is 1110. The van der Waals surface area contributed by atoms with Gasteiger partial charge < -0.3 is 5.32 Å². The minimum absolute atomic E-state index is 0.259. The number of hydrogen-bond donors (Lipinski definition) is 1. The van der Waals surface area contributed by atoms with Crippen molar-refractivity contribution in [1.29, 1.82) is 0 Å². The van der Waals surface area contributed by atoms with Gasteiger partial charge in [-0.25, -0.2) is 9.97 Å². The number of para-hydroxylation sites is 1. The maximum atomic E-state index is 12.9. The fourth-order valence-electron chi connectivity index (χ4n) is 2.87. The molecule has 27 heavy (non-hydrogen) atoms. The topological polar surface area (TPSA) is 54.9 Å². The van der Waals surface area contributed by atoms with Gasteiger partial charge in [0.05, 0.1) is 5.52 Å². The second-order valence-corrected chi connectivity index (χ2v) is 6.46. The lowest BCUT2D eigenvalue weighted by molar-refractivity contribution is 0.0948. The molecule has 1 aromatic heterocycles. The minimum atomic E-state index is -0.259. The van der Waals surface area contributed by atoms with Crippen LogP contribution in [0.15, 0.2) is 78.9 Å². The molecule has 0 aliphatic carbocycles. The molecule has 1 heterocycles. The van der Waals surface area contributed by atoms with Gasteiger partial charge in [-0.3, -0.25) is 4.79 Å². The molecule has 0 fully saturated rings. The van der Waals surface area contributed by atoms with Crippen LogP contribution in [-0.4, -0.2) is 15.9 Å². The summed E-state index contributed by atoms with van der Waals surface area (Å²) >= 11 is 6.18. The van der Waals surface area contributed by atoms with E-state index < -0.39 is 0 Å². The molecule has 0 radical (unpaired) electrons. The van der Waals surface area contributed by atoms with Crippen molar-refractivity contribution in [3.05, 3.63) is 95.1 Å². The zero-order valence-corrected chi connectivity index (χ0v) is 15.1. The van der Waals surface area contributed by atoms with Crippen LogP contribution in [0, 0.1) is 0 Å². The normalized spacial score (nSPS) is 10.7. The molecular weight excluding hydrogens is 358 g/mol. The molecule has 0 aliphatic rings. The highest BCUT2D eigenvalue weighted by Gasteiger charge is 2.15. The zero-order valence-electron chi connectivity index (χ0n) is 14.4. The molecule has 0 unspecified atom stereocenters. The van der Waals surface area contributed by atoms with Crippen molar-refractivity contribution in [3.8, 4) is 11.4 Å². The lowest BCUT2D eigenvalue weighted by Gasteiger charge is -2.10. The first-order valence-corrected chi connectivity index (χ1v) is 8.94. The summed E-state index contributed by atoms with van der Waals surface area (Å²) in [6, 6.07) is 24.6. The number of halogens is 1. The number of nitrogens with zero attached hydrogens (tertiary/aromatic N) is 2. The lowest BCUT2D eigenvalue weighted by Crippen LogP contribution is -2.24. The first-order valence-electron chi connectivity index (χ1n) is 8.56. The Labute approximate surface area is 161 Å². The zero-order chi connectivity index (χ0) is 18.6. The molecule has 0 atom stereocenters. The summed E-state index contributed by atoms with van der Waals surface area (Å²) in [6.07, 6.45) is 0. The molecule has 4 aromatic rings. The van der Waals surface area contributed by atoms with E-state index in [9.17, 15) is 4.79 Å². The summed E-state index contributed by atoms with van der Waals surface area (Å²) in [5, 5.41) is 4.25. The number of benzene rings is 3. The highest BCUT2D eigenvalue weighted by molar-refractivity contribution is 6.31. The molecule has 0 saturated carbocycles. The Kier molecular flexibility index (Phi) is 4.81. The number of amides is 1. The van der Waals surface area contributed by atoms with Crippen molar-refractivity contribution in [2.45, 2.75) is 6.54 Å². The number of aromatic nitrogens is 2. The van der Waals surface area contributed by atoms with Gasteiger partial charge in [-0.1, -0.05) is 78.3 Å². The summed E-state index contributed by atoms with van der Waals surface area (Å²) in [5.74, 6) is 0.267. The van der Waals surface area contributed by atoms with E-state index >= 15 is 0 Å². The minimum Gasteiger partial charge on any atom is -0.347 e. The molecule has 0 spiro atoms. The third-order valence-corrected chi connectivity index (χ3v) is 4.62. The number of hydrogen-bond acceptors (Lipinski definition) is 3. The lowest BCUT2D eigenvalue weighted by atomic mass is 10.1.